The molecule has 0 aliphatic carbocycles. The van der Waals surface area contributed by atoms with Crippen LogP contribution in [0.4, 0.5) is 0 Å². The van der Waals surface area contributed by atoms with Gasteiger partial charge in [0.05, 0.1) is 11.3 Å². The number of nitrogens with zero attached hydrogens (tertiary/aromatic N) is 3. The van der Waals surface area contributed by atoms with Crippen molar-refractivity contribution in [2.75, 3.05) is 26.2 Å². The Bertz CT molecular complexity index is 909. The zero-order chi connectivity index (χ0) is 18.2. The fourth-order valence-electron chi connectivity index (χ4n) is 2.44. The van der Waals surface area contributed by atoms with Gasteiger partial charge in [0.25, 0.3) is 15.9 Å². The summed E-state index contributed by atoms with van der Waals surface area (Å²) < 4.78 is 31.3. The maximum atomic E-state index is 12.6. The zero-order valence-electron chi connectivity index (χ0n) is 13.2. The molecule has 0 radical (unpaired) electrons. The fraction of sp³-hybridized carbons (Fsp3) is 0.357. The van der Waals surface area contributed by atoms with Crippen molar-refractivity contribution < 1.29 is 27.6 Å². The van der Waals surface area contributed by atoms with E-state index < -0.39 is 16.0 Å². The van der Waals surface area contributed by atoms with Gasteiger partial charge in [0.15, 0.2) is 0 Å². The van der Waals surface area contributed by atoms with Crippen molar-refractivity contribution in [1.29, 1.82) is 0 Å². The van der Waals surface area contributed by atoms with E-state index in [1.807, 2.05) is 0 Å². The zero-order valence-corrected chi connectivity index (χ0v) is 14.8. The molecular formula is C14H15N3O6S2. The van der Waals surface area contributed by atoms with Crippen LogP contribution in [0.25, 0.3) is 0 Å². The van der Waals surface area contributed by atoms with Crippen molar-refractivity contribution in [3.8, 4) is 0 Å². The van der Waals surface area contributed by atoms with E-state index in [0.717, 1.165) is 17.4 Å². The van der Waals surface area contributed by atoms with Crippen molar-refractivity contribution in [2.24, 2.45) is 0 Å². The average Bonchev–Trinajstić information content (AvgIpc) is 3.24. The van der Waals surface area contributed by atoms with Crippen LogP contribution in [0.5, 0.6) is 0 Å². The minimum Gasteiger partial charge on any atom is -0.478 e. The Morgan fingerprint density at radius 1 is 1.24 bits per heavy atom. The van der Waals surface area contributed by atoms with Gasteiger partial charge in [-0.05, 0) is 13.0 Å². The molecule has 1 saturated heterocycles. The lowest BCUT2D eigenvalue weighted by Gasteiger charge is -2.33. The van der Waals surface area contributed by atoms with Gasteiger partial charge in [0.1, 0.15) is 4.21 Å². The van der Waals surface area contributed by atoms with Crippen LogP contribution in [0, 0.1) is 6.92 Å². The van der Waals surface area contributed by atoms with E-state index in [4.69, 9.17) is 9.63 Å². The van der Waals surface area contributed by atoms with E-state index in [0.29, 0.717) is 5.69 Å². The molecule has 9 nitrogen and oxygen atoms in total. The van der Waals surface area contributed by atoms with Crippen molar-refractivity contribution >= 4 is 33.2 Å². The summed E-state index contributed by atoms with van der Waals surface area (Å²) in [5.41, 5.74) is 0.537. The summed E-state index contributed by atoms with van der Waals surface area (Å²) in [5, 5.41) is 13.9. The largest absolute Gasteiger partial charge is 0.478 e. The first-order valence-corrected chi connectivity index (χ1v) is 9.65. The maximum Gasteiger partial charge on any atom is 0.336 e. The van der Waals surface area contributed by atoms with Gasteiger partial charge < -0.3 is 14.5 Å². The van der Waals surface area contributed by atoms with Crippen LogP contribution >= 0.6 is 11.3 Å². The van der Waals surface area contributed by atoms with Gasteiger partial charge in [-0.3, -0.25) is 4.79 Å². The number of carboxylic acid groups (broad SMARTS) is 1. The van der Waals surface area contributed by atoms with Gasteiger partial charge in [-0.2, -0.15) is 4.31 Å². The number of thiophene rings is 1. The molecule has 0 spiro atoms. The number of aryl methyl sites for hydroxylation is 1. The molecular weight excluding hydrogens is 370 g/mol. The van der Waals surface area contributed by atoms with E-state index in [1.165, 1.54) is 20.7 Å². The number of piperazine rings is 1. The molecule has 0 saturated carbocycles. The standard InChI is InChI=1S/C14H15N3O6S2/c1-9-6-11(23-15-9)13(18)16-2-4-17(5-3-16)25(21,22)12-7-10(8-24-12)14(19)20/h6-8H,2-5H2,1H3,(H,19,20). The second kappa shape index (κ2) is 6.58. The second-order valence-electron chi connectivity index (χ2n) is 5.49. The Hall–Kier alpha value is -2.24. The van der Waals surface area contributed by atoms with Gasteiger partial charge in [0.2, 0.25) is 5.76 Å². The molecule has 1 amide bonds. The summed E-state index contributed by atoms with van der Waals surface area (Å²) in [6.07, 6.45) is 0. The summed E-state index contributed by atoms with van der Waals surface area (Å²) in [4.78, 5) is 24.7. The van der Waals surface area contributed by atoms with E-state index in [2.05, 4.69) is 5.16 Å². The Morgan fingerprint density at radius 2 is 1.92 bits per heavy atom. The van der Waals surface area contributed by atoms with Gasteiger partial charge in [-0.25, -0.2) is 13.2 Å². The quantitative estimate of drug-likeness (QED) is 0.829. The predicted molar refractivity (Wildman–Crippen MR) is 87.2 cm³/mol. The van der Waals surface area contributed by atoms with Crippen LogP contribution in [-0.4, -0.2) is 65.9 Å². The number of aromatic nitrogens is 1. The Balaban J connectivity index is 1.68. The first-order chi connectivity index (χ1) is 11.8. The Kier molecular flexibility index (Phi) is 4.62. The molecule has 0 atom stereocenters. The lowest BCUT2D eigenvalue weighted by atomic mass is 10.3. The highest BCUT2D eigenvalue weighted by Gasteiger charge is 2.32. The van der Waals surface area contributed by atoms with Crippen molar-refractivity contribution in [3.63, 3.8) is 0 Å². The van der Waals surface area contributed by atoms with Gasteiger partial charge >= 0.3 is 5.97 Å². The number of hydrogen-bond donors (Lipinski definition) is 1. The van der Waals surface area contributed by atoms with E-state index >= 15 is 0 Å². The van der Waals surface area contributed by atoms with Gasteiger partial charge in [-0.15, -0.1) is 11.3 Å². The van der Waals surface area contributed by atoms with Crippen LogP contribution in [0.2, 0.25) is 0 Å². The van der Waals surface area contributed by atoms with Crippen molar-refractivity contribution in [1.82, 2.24) is 14.4 Å². The Labute approximate surface area is 147 Å². The summed E-state index contributed by atoms with van der Waals surface area (Å²) in [6.45, 7) is 2.39. The normalized spacial score (nSPS) is 16.1. The first kappa shape index (κ1) is 17.6. The molecule has 11 heteroatoms. The number of sulfonamides is 1. The van der Waals surface area contributed by atoms with Crippen LogP contribution in [0.3, 0.4) is 0 Å². The van der Waals surface area contributed by atoms with Crippen LogP contribution in [-0.2, 0) is 10.0 Å². The summed E-state index contributed by atoms with van der Waals surface area (Å²) in [7, 11) is -3.77. The predicted octanol–water partition coefficient (Wildman–Crippen LogP) is 0.889. The lowest BCUT2D eigenvalue weighted by molar-refractivity contribution is 0.0654. The molecule has 25 heavy (non-hydrogen) atoms. The molecule has 1 aliphatic rings. The maximum absolute atomic E-state index is 12.6. The fourth-order valence-corrected chi connectivity index (χ4v) is 5.17. The highest BCUT2D eigenvalue weighted by atomic mass is 32.2. The van der Waals surface area contributed by atoms with Crippen LogP contribution < -0.4 is 0 Å². The smallest absolute Gasteiger partial charge is 0.336 e. The third kappa shape index (κ3) is 3.43. The summed E-state index contributed by atoms with van der Waals surface area (Å²) in [6, 6.07) is 2.68. The molecule has 3 rings (SSSR count). The molecule has 0 unspecified atom stereocenters. The molecule has 0 bridgehead atoms. The lowest BCUT2D eigenvalue weighted by Crippen LogP contribution is -2.50. The molecule has 1 aliphatic heterocycles. The van der Waals surface area contributed by atoms with Crippen molar-refractivity contribution in [2.45, 2.75) is 11.1 Å². The third-order valence-electron chi connectivity index (χ3n) is 3.78. The molecule has 2 aromatic heterocycles. The summed E-state index contributed by atoms with van der Waals surface area (Å²) in [5.74, 6) is -1.38. The molecule has 1 fully saturated rings. The molecule has 3 heterocycles. The third-order valence-corrected chi connectivity index (χ3v) is 7.09. The van der Waals surface area contributed by atoms with Crippen LogP contribution in [0.15, 0.2) is 26.2 Å². The number of amides is 1. The number of hydrogen-bond acceptors (Lipinski definition) is 7. The van der Waals surface area contributed by atoms with E-state index in [1.54, 1.807) is 6.92 Å². The average molecular weight is 385 g/mol. The monoisotopic (exact) mass is 385 g/mol. The van der Waals surface area contributed by atoms with Gasteiger partial charge in [0, 0.05) is 37.6 Å². The first-order valence-electron chi connectivity index (χ1n) is 7.33. The Morgan fingerprint density at radius 3 is 2.44 bits per heavy atom. The highest BCUT2D eigenvalue weighted by Crippen LogP contribution is 2.25. The minimum absolute atomic E-state index is 0.0180. The van der Waals surface area contributed by atoms with Crippen LogP contribution in [0.1, 0.15) is 26.6 Å². The number of carbonyl (C=O) groups is 2. The topological polar surface area (TPSA) is 121 Å². The number of aromatic carboxylic acids is 1. The highest BCUT2D eigenvalue weighted by molar-refractivity contribution is 7.91. The minimum atomic E-state index is -3.77. The SMILES string of the molecule is Cc1cc(C(=O)N2CCN(S(=O)(=O)c3cc(C(=O)O)cs3)CC2)on1. The number of carboxylic acids is 1. The van der Waals surface area contributed by atoms with E-state index in [-0.39, 0.29) is 47.6 Å². The number of carbonyl (C=O) groups excluding carboxylic acids is 1. The van der Waals surface area contributed by atoms with Crippen molar-refractivity contribution in [3.05, 3.63) is 34.5 Å². The number of rotatable bonds is 4. The molecule has 2 aromatic rings. The van der Waals surface area contributed by atoms with E-state index in [9.17, 15) is 18.0 Å². The summed E-state index contributed by atoms with van der Waals surface area (Å²) >= 11 is 0.871. The second-order valence-corrected chi connectivity index (χ2v) is 8.56. The molecule has 1 N–H and O–H groups in total. The molecule has 134 valence electrons. The van der Waals surface area contributed by atoms with Gasteiger partial charge in [-0.1, -0.05) is 5.16 Å². The molecule has 0 aromatic carbocycles.